The molecule has 0 unspecified atom stereocenters. The van der Waals surface area contributed by atoms with E-state index in [2.05, 4.69) is 13.9 Å². The molecule has 3 rings (SSSR count). The van der Waals surface area contributed by atoms with Crippen LogP contribution in [0.2, 0.25) is 0 Å². The van der Waals surface area contributed by atoms with Crippen LogP contribution in [0, 0.1) is 12.8 Å². The summed E-state index contributed by atoms with van der Waals surface area (Å²) >= 11 is 1.34. The van der Waals surface area contributed by atoms with E-state index in [0.29, 0.717) is 5.92 Å². The summed E-state index contributed by atoms with van der Waals surface area (Å²) in [5, 5.41) is 1.84. The van der Waals surface area contributed by atoms with Gasteiger partial charge in [-0.1, -0.05) is 0 Å². The van der Waals surface area contributed by atoms with E-state index < -0.39 is 0 Å². The molecule has 1 atom stereocenters. The maximum atomic E-state index is 12.4. The number of fused-ring (bicyclic) bond motifs is 1. The van der Waals surface area contributed by atoms with Crippen molar-refractivity contribution in [1.29, 1.82) is 0 Å². The van der Waals surface area contributed by atoms with E-state index in [1.54, 1.807) is 0 Å². The molecule has 0 N–H and O–H groups in total. The zero-order valence-electron chi connectivity index (χ0n) is 11.7. The molecule has 6 heteroatoms. The Morgan fingerprint density at radius 1 is 1.60 bits per heavy atom. The molecule has 20 heavy (non-hydrogen) atoms. The third-order valence-electron chi connectivity index (χ3n) is 3.91. The van der Waals surface area contributed by atoms with Gasteiger partial charge in [0.25, 0.3) is 5.91 Å². The van der Waals surface area contributed by atoms with E-state index in [9.17, 15) is 4.79 Å². The Kier molecular flexibility index (Phi) is 3.56. The Morgan fingerprint density at radius 2 is 2.45 bits per heavy atom. The third kappa shape index (κ3) is 2.47. The van der Waals surface area contributed by atoms with Gasteiger partial charge in [-0.15, -0.1) is 0 Å². The van der Waals surface area contributed by atoms with Crippen molar-refractivity contribution in [3.63, 3.8) is 0 Å². The summed E-state index contributed by atoms with van der Waals surface area (Å²) in [6.07, 6.45) is 5.93. The summed E-state index contributed by atoms with van der Waals surface area (Å²) < 4.78 is 6.37. The molecule has 0 saturated heterocycles. The van der Waals surface area contributed by atoms with Gasteiger partial charge in [0.2, 0.25) is 0 Å². The van der Waals surface area contributed by atoms with Crippen LogP contribution >= 0.6 is 11.5 Å². The number of hydrogen-bond acceptors (Lipinski definition) is 4. The first-order chi connectivity index (χ1) is 9.65. The summed E-state index contributed by atoms with van der Waals surface area (Å²) in [7, 11) is 1.88. The van der Waals surface area contributed by atoms with Gasteiger partial charge in [-0.3, -0.25) is 4.79 Å². The zero-order chi connectivity index (χ0) is 14.1. The smallest absolute Gasteiger partial charge is 0.256 e. The molecule has 0 saturated carbocycles. The van der Waals surface area contributed by atoms with Gasteiger partial charge >= 0.3 is 0 Å². The first kappa shape index (κ1) is 13.3. The van der Waals surface area contributed by atoms with E-state index in [1.807, 2.05) is 36.6 Å². The SMILES string of the molecule is Cc1nscc1C(=O)N(C)C[C@H]1CCn2ccnc2C1. The third-order valence-corrected chi connectivity index (χ3v) is 4.63. The minimum Gasteiger partial charge on any atom is -0.341 e. The quantitative estimate of drug-likeness (QED) is 0.868. The number of nitrogens with zero attached hydrogens (tertiary/aromatic N) is 4. The van der Waals surface area contributed by atoms with Crippen LogP contribution in [-0.4, -0.2) is 38.3 Å². The normalized spacial score (nSPS) is 17.8. The molecule has 3 heterocycles. The molecule has 0 bridgehead atoms. The number of rotatable bonds is 3. The van der Waals surface area contributed by atoms with Crippen molar-refractivity contribution in [3.8, 4) is 0 Å². The second-order valence-corrected chi connectivity index (χ2v) is 6.02. The van der Waals surface area contributed by atoms with E-state index >= 15 is 0 Å². The number of hydrogen-bond donors (Lipinski definition) is 0. The molecule has 1 aliphatic rings. The number of amides is 1. The number of carbonyl (C=O) groups is 1. The van der Waals surface area contributed by atoms with Crippen molar-refractivity contribution in [3.05, 3.63) is 34.9 Å². The highest BCUT2D eigenvalue weighted by Gasteiger charge is 2.23. The van der Waals surface area contributed by atoms with Crippen molar-refractivity contribution < 1.29 is 4.79 Å². The predicted octanol–water partition coefficient (Wildman–Crippen LogP) is 1.98. The Morgan fingerprint density at radius 3 is 3.20 bits per heavy atom. The summed E-state index contributed by atoms with van der Waals surface area (Å²) in [6, 6.07) is 0. The van der Waals surface area contributed by atoms with Gasteiger partial charge in [-0.05, 0) is 30.8 Å². The topological polar surface area (TPSA) is 51.0 Å². The molecule has 0 fully saturated rings. The first-order valence-electron chi connectivity index (χ1n) is 6.81. The molecule has 0 spiro atoms. The maximum Gasteiger partial charge on any atom is 0.256 e. The molecule has 1 aliphatic heterocycles. The van der Waals surface area contributed by atoms with E-state index in [0.717, 1.165) is 43.0 Å². The molecule has 0 aliphatic carbocycles. The van der Waals surface area contributed by atoms with Crippen molar-refractivity contribution in [2.24, 2.45) is 5.92 Å². The minimum absolute atomic E-state index is 0.0742. The Hall–Kier alpha value is -1.69. The summed E-state index contributed by atoms with van der Waals surface area (Å²) in [4.78, 5) is 18.6. The van der Waals surface area contributed by atoms with Crippen LogP contribution in [-0.2, 0) is 13.0 Å². The summed E-state index contributed by atoms with van der Waals surface area (Å²) in [5.41, 5.74) is 1.56. The van der Waals surface area contributed by atoms with Gasteiger partial charge in [0.1, 0.15) is 5.82 Å². The lowest BCUT2D eigenvalue weighted by Crippen LogP contribution is -2.35. The van der Waals surface area contributed by atoms with Gasteiger partial charge in [0.05, 0.1) is 11.3 Å². The molecule has 5 nitrogen and oxygen atoms in total. The molecular formula is C14H18N4OS. The first-order valence-corrected chi connectivity index (χ1v) is 7.65. The van der Waals surface area contributed by atoms with E-state index in [-0.39, 0.29) is 5.91 Å². The van der Waals surface area contributed by atoms with Crippen molar-refractivity contribution >= 4 is 17.4 Å². The van der Waals surface area contributed by atoms with E-state index in [4.69, 9.17) is 0 Å². The second-order valence-electron chi connectivity index (χ2n) is 5.39. The van der Waals surface area contributed by atoms with Crippen LogP contribution in [0.15, 0.2) is 17.8 Å². The van der Waals surface area contributed by atoms with Crippen LogP contribution in [0.25, 0.3) is 0 Å². The van der Waals surface area contributed by atoms with Crippen LogP contribution < -0.4 is 0 Å². The van der Waals surface area contributed by atoms with E-state index in [1.165, 1.54) is 11.5 Å². The fraction of sp³-hybridized carbons (Fsp3) is 0.500. The molecular weight excluding hydrogens is 272 g/mol. The van der Waals surface area contributed by atoms with Crippen molar-refractivity contribution in [1.82, 2.24) is 18.8 Å². The monoisotopic (exact) mass is 290 g/mol. The molecule has 0 radical (unpaired) electrons. The molecule has 2 aromatic heterocycles. The Balaban J connectivity index is 1.64. The van der Waals surface area contributed by atoms with Crippen LogP contribution in [0.4, 0.5) is 0 Å². The predicted molar refractivity (Wildman–Crippen MR) is 77.8 cm³/mol. The largest absolute Gasteiger partial charge is 0.341 e. The Labute approximate surface area is 122 Å². The fourth-order valence-corrected chi connectivity index (χ4v) is 3.43. The number of carbonyl (C=O) groups excluding carboxylic acids is 1. The van der Waals surface area contributed by atoms with Gasteiger partial charge in [-0.2, -0.15) is 4.37 Å². The average molecular weight is 290 g/mol. The van der Waals surface area contributed by atoms with Crippen molar-refractivity contribution in [2.75, 3.05) is 13.6 Å². The number of aryl methyl sites for hydroxylation is 2. The van der Waals surface area contributed by atoms with Crippen LogP contribution in [0.3, 0.4) is 0 Å². The Bertz CT molecular complexity index is 618. The summed E-state index contributed by atoms with van der Waals surface area (Å²) in [6.45, 7) is 3.66. The fourth-order valence-electron chi connectivity index (χ4n) is 2.74. The minimum atomic E-state index is 0.0742. The standard InChI is InChI=1S/C14H18N4OS/c1-10-12(9-20-16-10)14(19)17(2)8-11-3-5-18-6-4-15-13(18)7-11/h4,6,9,11H,3,5,7-8H2,1-2H3/t11-/m0/s1. The van der Waals surface area contributed by atoms with Gasteiger partial charge in [0.15, 0.2) is 0 Å². The van der Waals surface area contributed by atoms with Crippen LogP contribution in [0.1, 0.15) is 28.3 Å². The van der Waals surface area contributed by atoms with Gasteiger partial charge in [0, 0.05) is 44.3 Å². The van der Waals surface area contributed by atoms with Crippen LogP contribution in [0.5, 0.6) is 0 Å². The molecule has 106 valence electrons. The van der Waals surface area contributed by atoms with Gasteiger partial charge < -0.3 is 9.47 Å². The molecule has 2 aromatic rings. The highest BCUT2D eigenvalue weighted by atomic mass is 32.1. The number of aromatic nitrogens is 3. The molecule has 1 amide bonds. The highest BCUT2D eigenvalue weighted by Crippen LogP contribution is 2.21. The molecule has 0 aromatic carbocycles. The lowest BCUT2D eigenvalue weighted by molar-refractivity contribution is 0.0763. The lowest BCUT2D eigenvalue weighted by Gasteiger charge is -2.27. The summed E-state index contributed by atoms with van der Waals surface area (Å²) in [5.74, 6) is 1.70. The number of imidazole rings is 1. The lowest BCUT2D eigenvalue weighted by atomic mass is 9.97. The zero-order valence-corrected chi connectivity index (χ0v) is 12.6. The average Bonchev–Trinajstić information content (AvgIpc) is 3.05. The second kappa shape index (κ2) is 5.36. The highest BCUT2D eigenvalue weighted by molar-refractivity contribution is 7.03. The van der Waals surface area contributed by atoms with Gasteiger partial charge in [-0.25, -0.2) is 4.98 Å². The maximum absolute atomic E-state index is 12.4. The van der Waals surface area contributed by atoms with Crippen molar-refractivity contribution in [2.45, 2.75) is 26.3 Å².